The molecular formula is C13H13NO3. The van der Waals surface area contributed by atoms with Crippen LogP contribution in [0.4, 0.5) is 0 Å². The molecule has 1 heterocycles. The third-order valence-corrected chi connectivity index (χ3v) is 2.68. The van der Waals surface area contributed by atoms with Crippen LogP contribution in [0, 0.1) is 0 Å². The third-order valence-electron chi connectivity index (χ3n) is 2.68. The van der Waals surface area contributed by atoms with Gasteiger partial charge >= 0.3 is 0 Å². The van der Waals surface area contributed by atoms with Crippen LogP contribution in [-0.4, -0.2) is 24.6 Å². The number of para-hydroxylation sites is 1. The van der Waals surface area contributed by atoms with E-state index in [2.05, 4.69) is 0 Å². The van der Waals surface area contributed by atoms with Gasteiger partial charge in [-0.2, -0.15) is 0 Å². The summed E-state index contributed by atoms with van der Waals surface area (Å²) < 4.78 is 6.55. The summed E-state index contributed by atoms with van der Waals surface area (Å²) in [5.74, 6) is 0. The number of rotatable bonds is 4. The van der Waals surface area contributed by atoms with Gasteiger partial charge in [0.2, 0.25) is 0 Å². The van der Waals surface area contributed by atoms with Gasteiger partial charge in [-0.1, -0.05) is 18.2 Å². The number of ether oxygens (including phenoxy) is 1. The Hall–Kier alpha value is -1.94. The Labute approximate surface area is 98.4 Å². The molecule has 0 radical (unpaired) electrons. The minimum absolute atomic E-state index is 0.180. The molecule has 0 amide bonds. The van der Waals surface area contributed by atoms with Crippen LogP contribution in [0.2, 0.25) is 0 Å². The number of carbonyl (C=O) groups is 1. The molecule has 88 valence electrons. The Balaban J connectivity index is 2.71. The molecule has 0 aliphatic rings. The van der Waals surface area contributed by atoms with Crippen LogP contribution in [-0.2, 0) is 11.3 Å². The Morgan fingerprint density at radius 2 is 2.12 bits per heavy atom. The molecule has 0 aliphatic carbocycles. The number of methoxy groups -OCH3 is 1. The number of carbonyl (C=O) groups excluding carboxylic acids is 1. The quantitative estimate of drug-likeness (QED) is 0.748. The summed E-state index contributed by atoms with van der Waals surface area (Å²) >= 11 is 0. The molecule has 0 N–H and O–H groups in total. The van der Waals surface area contributed by atoms with E-state index in [0.29, 0.717) is 19.4 Å². The summed E-state index contributed by atoms with van der Waals surface area (Å²) in [6, 6.07) is 9.10. The van der Waals surface area contributed by atoms with E-state index in [-0.39, 0.29) is 11.1 Å². The normalized spacial score (nSPS) is 10.6. The molecule has 0 saturated carbocycles. The molecule has 0 unspecified atom stereocenters. The summed E-state index contributed by atoms with van der Waals surface area (Å²) in [7, 11) is 1.58. The lowest BCUT2D eigenvalue weighted by Gasteiger charge is -2.10. The first-order valence-corrected chi connectivity index (χ1v) is 5.34. The number of hydrogen-bond acceptors (Lipinski definition) is 3. The SMILES string of the molecule is COCCn1c(=O)c(C=O)cc2ccccc21. The highest BCUT2D eigenvalue weighted by molar-refractivity contribution is 5.86. The van der Waals surface area contributed by atoms with Crippen molar-refractivity contribution in [1.82, 2.24) is 4.57 Å². The molecule has 0 saturated heterocycles. The zero-order valence-electron chi connectivity index (χ0n) is 9.55. The fraction of sp³-hybridized carbons (Fsp3) is 0.231. The van der Waals surface area contributed by atoms with Crippen molar-refractivity contribution in [3.8, 4) is 0 Å². The van der Waals surface area contributed by atoms with E-state index < -0.39 is 0 Å². The van der Waals surface area contributed by atoms with Gasteiger partial charge in [-0.15, -0.1) is 0 Å². The van der Waals surface area contributed by atoms with Crippen molar-refractivity contribution in [3.05, 3.63) is 46.2 Å². The average Bonchev–Trinajstić information content (AvgIpc) is 2.37. The highest BCUT2D eigenvalue weighted by atomic mass is 16.5. The van der Waals surface area contributed by atoms with Crippen molar-refractivity contribution < 1.29 is 9.53 Å². The van der Waals surface area contributed by atoms with Crippen LogP contribution in [0.1, 0.15) is 10.4 Å². The van der Waals surface area contributed by atoms with Crippen LogP contribution in [0.5, 0.6) is 0 Å². The number of hydrogen-bond donors (Lipinski definition) is 0. The molecule has 0 spiro atoms. The average molecular weight is 231 g/mol. The number of benzene rings is 1. The van der Waals surface area contributed by atoms with Gasteiger partial charge in [0.05, 0.1) is 17.7 Å². The molecule has 0 bridgehead atoms. The van der Waals surface area contributed by atoms with Gasteiger partial charge in [0.25, 0.3) is 5.56 Å². The summed E-state index contributed by atoms with van der Waals surface area (Å²) in [5, 5.41) is 0.880. The Morgan fingerprint density at radius 1 is 1.35 bits per heavy atom. The number of pyridine rings is 1. The standard InChI is InChI=1S/C13H13NO3/c1-17-7-6-14-12-5-3-2-4-10(12)8-11(9-15)13(14)16/h2-5,8-9H,6-7H2,1H3. The van der Waals surface area contributed by atoms with E-state index >= 15 is 0 Å². The molecule has 1 aromatic carbocycles. The Bertz CT molecular complexity index is 601. The van der Waals surface area contributed by atoms with E-state index in [1.54, 1.807) is 17.7 Å². The zero-order valence-corrected chi connectivity index (χ0v) is 9.55. The van der Waals surface area contributed by atoms with Gasteiger partial charge < -0.3 is 9.30 Å². The first-order chi connectivity index (χ1) is 8.27. The zero-order chi connectivity index (χ0) is 12.3. The molecule has 2 aromatic rings. The van der Waals surface area contributed by atoms with Gasteiger partial charge in [0.1, 0.15) is 0 Å². The van der Waals surface area contributed by atoms with E-state index in [1.165, 1.54) is 0 Å². The van der Waals surface area contributed by atoms with Gasteiger partial charge in [-0.3, -0.25) is 9.59 Å². The summed E-state index contributed by atoms with van der Waals surface area (Å²) in [4.78, 5) is 22.8. The van der Waals surface area contributed by atoms with Crippen molar-refractivity contribution in [3.63, 3.8) is 0 Å². The number of fused-ring (bicyclic) bond motifs is 1. The minimum Gasteiger partial charge on any atom is -0.383 e. The molecule has 17 heavy (non-hydrogen) atoms. The summed E-state index contributed by atoms with van der Waals surface area (Å²) in [6.45, 7) is 0.879. The van der Waals surface area contributed by atoms with E-state index in [0.717, 1.165) is 10.9 Å². The van der Waals surface area contributed by atoms with Crippen molar-refractivity contribution in [1.29, 1.82) is 0 Å². The second-order valence-electron chi connectivity index (χ2n) is 3.73. The predicted molar refractivity (Wildman–Crippen MR) is 65.5 cm³/mol. The highest BCUT2D eigenvalue weighted by Gasteiger charge is 2.07. The van der Waals surface area contributed by atoms with Gasteiger partial charge in [0.15, 0.2) is 6.29 Å². The number of nitrogens with zero attached hydrogens (tertiary/aromatic N) is 1. The Morgan fingerprint density at radius 3 is 2.82 bits per heavy atom. The second-order valence-corrected chi connectivity index (χ2v) is 3.73. The molecule has 4 nitrogen and oxygen atoms in total. The maximum atomic E-state index is 12.0. The van der Waals surface area contributed by atoms with Gasteiger partial charge in [-0.05, 0) is 17.5 Å². The fourth-order valence-corrected chi connectivity index (χ4v) is 1.84. The van der Waals surface area contributed by atoms with Crippen LogP contribution >= 0.6 is 0 Å². The molecule has 0 aliphatic heterocycles. The monoisotopic (exact) mass is 231 g/mol. The second kappa shape index (κ2) is 4.93. The fourth-order valence-electron chi connectivity index (χ4n) is 1.84. The Kier molecular flexibility index (Phi) is 3.35. The van der Waals surface area contributed by atoms with Crippen LogP contribution in [0.25, 0.3) is 10.9 Å². The largest absolute Gasteiger partial charge is 0.383 e. The highest BCUT2D eigenvalue weighted by Crippen LogP contribution is 2.12. The van der Waals surface area contributed by atoms with Gasteiger partial charge in [-0.25, -0.2) is 0 Å². The van der Waals surface area contributed by atoms with Crippen molar-refractivity contribution in [2.24, 2.45) is 0 Å². The first kappa shape index (κ1) is 11.5. The van der Waals surface area contributed by atoms with Crippen molar-refractivity contribution in [2.75, 3.05) is 13.7 Å². The van der Waals surface area contributed by atoms with Crippen LogP contribution in [0.3, 0.4) is 0 Å². The lowest BCUT2D eigenvalue weighted by Crippen LogP contribution is -2.25. The lowest BCUT2D eigenvalue weighted by molar-refractivity contribution is 0.112. The third kappa shape index (κ3) is 2.12. The number of aromatic nitrogens is 1. The molecule has 0 atom stereocenters. The molecule has 4 heteroatoms. The van der Waals surface area contributed by atoms with Crippen LogP contribution < -0.4 is 5.56 Å². The van der Waals surface area contributed by atoms with Crippen molar-refractivity contribution in [2.45, 2.75) is 6.54 Å². The van der Waals surface area contributed by atoms with E-state index in [1.807, 2.05) is 24.3 Å². The number of aldehydes is 1. The topological polar surface area (TPSA) is 48.3 Å². The predicted octanol–water partition coefficient (Wildman–Crippen LogP) is 1.46. The van der Waals surface area contributed by atoms with E-state index in [9.17, 15) is 9.59 Å². The summed E-state index contributed by atoms with van der Waals surface area (Å²) in [6.07, 6.45) is 0.595. The molecular weight excluding hydrogens is 218 g/mol. The lowest BCUT2D eigenvalue weighted by atomic mass is 10.1. The molecule has 2 rings (SSSR count). The molecule has 1 aromatic heterocycles. The minimum atomic E-state index is -0.268. The van der Waals surface area contributed by atoms with Crippen LogP contribution in [0.15, 0.2) is 35.1 Å². The maximum absolute atomic E-state index is 12.0. The smallest absolute Gasteiger partial charge is 0.261 e. The first-order valence-electron chi connectivity index (χ1n) is 5.34. The van der Waals surface area contributed by atoms with E-state index in [4.69, 9.17) is 4.74 Å². The summed E-state index contributed by atoms with van der Waals surface area (Å²) in [5.41, 5.74) is 0.732. The molecule has 0 fully saturated rings. The maximum Gasteiger partial charge on any atom is 0.261 e. The van der Waals surface area contributed by atoms with Crippen molar-refractivity contribution >= 4 is 17.2 Å². The van der Waals surface area contributed by atoms with Gasteiger partial charge in [0, 0.05) is 13.7 Å².